The normalized spacial score (nSPS) is 11.5. The molecule has 0 saturated carbocycles. The van der Waals surface area contributed by atoms with Crippen molar-refractivity contribution >= 4 is 17.5 Å². The largest absolute Gasteiger partial charge is 0.484 e. The molecule has 21 heavy (non-hydrogen) atoms. The smallest absolute Gasteiger partial charge is 0.311 e. The number of carbonyl (C=O) groups excluding carboxylic acids is 2. The molecule has 0 aromatic heterocycles. The van der Waals surface area contributed by atoms with Crippen LogP contribution in [0.1, 0.15) is 30.1 Å². The van der Waals surface area contributed by atoms with E-state index in [1.54, 1.807) is 6.92 Å². The number of hydrazine groups is 1. The summed E-state index contributed by atoms with van der Waals surface area (Å²) in [6.07, 6.45) is 0.0169. The van der Waals surface area contributed by atoms with E-state index in [-0.39, 0.29) is 29.3 Å². The molecule has 1 aromatic rings. The molecule has 9 heteroatoms. The SMILES string of the molecule is CC(CCC(=O)NN)Oc1ccc(C(N)=O)cc1[N+](=O)[O-]. The Bertz CT molecular complexity index is 561. The van der Waals surface area contributed by atoms with Crippen LogP contribution in [0.15, 0.2) is 18.2 Å². The van der Waals surface area contributed by atoms with Crippen LogP contribution in [-0.4, -0.2) is 22.8 Å². The van der Waals surface area contributed by atoms with Crippen LogP contribution >= 0.6 is 0 Å². The monoisotopic (exact) mass is 296 g/mol. The van der Waals surface area contributed by atoms with Gasteiger partial charge in [0.05, 0.1) is 11.0 Å². The fourth-order valence-electron chi connectivity index (χ4n) is 1.60. The zero-order chi connectivity index (χ0) is 16.0. The van der Waals surface area contributed by atoms with Crippen molar-refractivity contribution in [3.63, 3.8) is 0 Å². The lowest BCUT2D eigenvalue weighted by molar-refractivity contribution is -0.386. The number of rotatable bonds is 7. The molecule has 0 aliphatic heterocycles. The molecule has 0 radical (unpaired) electrons. The molecule has 0 fully saturated rings. The summed E-state index contributed by atoms with van der Waals surface area (Å²) in [6.45, 7) is 1.66. The number of primary amides is 1. The molecular formula is C12H16N4O5. The van der Waals surface area contributed by atoms with Crippen molar-refractivity contribution in [3.05, 3.63) is 33.9 Å². The molecule has 1 aromatic carbocycles. The van der Waals surface area contributed by atoms with E-state index in [1.165, 1.54) is 12.1 Å². The van der Waals surface area contributed by atoms with Crippen molar-refractivity contribution in [1.29, 1.82) is 0 Å². The minimum atomic E-state index is -0.766. The van der Waals surface area contributed by atoms with Crippen LogP contribution in [0, 0.1) is 10.1 Å². The zero-order valence-electron chi connectivity index (χ0n) is 11.4. The van der Waals surface area contributed by atoms with E-state index >= 15 is 0 Å². The first-order valence-corrected chi connectivity index (χ1v) is 6.09. The first kappa shape index (κ1) is 16.4. The van der Waals surface area contributed by atoms with E-state index in [0.29, 0.717) is 6.42 Å². The Kier molecular flexibility index (Phi) is 5.61. The highest BCUT2D eigenvalue weighted by atomic mass is 16.6. The Morgan fingerprint density at radius 3 is 2.67 bits per heavy atom. The molecule has 0 spiro atoms. The second-order valence-corrected chi connectivity index (χ2v) is 4.34. The van der Waals surface area contributed by atoms with Crippen LogP contribution in [0.4, 0.5) is 5.69 Å². The van der Waals surface area contributed by atoms with Gasteiger partial charge < -0.3 is 10.5 Å². The van der Waals surface area contributed by atoms with Crippen LogP contribution < -0.4 is 21.7 Å². The van der Waals surface area contributed by atoms with Crippen molar-refractivity contribution in [2.24, 2.45) is 11.6 Å². The molecule has 1 atom stereocenters. The predicted octanol–water partition coefficient (Wildman–Crippen LogP) is 0.231. The first-order valence-electron chi connectivity index (χ1n) is 6.09. The van der Waals surface area contributed by atoms with Gasteiger partial charge in [0.1, 0.15) is 0 Å². The lowest BCUT2D eigenvalue weighted by Crippen LogP contribution is -2.30. The average Bonchev–Trinajstić information content (AvgIpc) is 2.44. The maximum absolute atomic E-state index is 11.0. The van der Waals surface area contributed by atoms with E-state index in [0.717, 1.165) is 6.07 Å². The van der Waals surface area contributed by atoms with Gasteiger partial charge in [-0.1, -0.05) is 0 Å². The number of ether oxygens (including phenoxy) is 1. The molecule has 9 nitrogen and oxygen atoms in total. The Labute approximate surface area is 120 Å². The maximum atomic E-state index is 11.0. The first-order chi connectivity index (χ1) is 9.85. The van der Waals surface area contributed by atoms with Crippen LogP contribution in [0.3, 0.4) is 0 Å². The third-order valence-corrected chi connectivity index (χ3v) is 2.71. The number of benzene rings is 1. The highest BCUT2D eigenvalue weighted by Crippen LogP contribution is 2.29. The molecule has 0 bridgehead atoms. The number of nitrogens with zero attached hydrogens (tertiary/aromatic N) is 1. The quantitative estimate of drug-likeness (QED) is 0.283. The summed E-state index contributed by atoms with van der Waals surface area (Å²) in [6, 6.07) is 3.69. The van der Waals surface area contributed by atoms with Gasteiger partial charge in [0.25, 0.3) is 0 Å². The standard InChI is InChI=1S/C12H16N4O5/c1-7(2-5-11(17)15-14)21-10-4-3-8(12(13)18)6-9(10)16(19)20/h3-4,6-7H,2,5,14H2,1H3,(H2,13,18)(H,15,17). The van der Waals surface area contributed by atoms with E-state index in [9.17, 15) is 19.7 Å². The average molecular weight is 296 g/mol. The van der Waals surface area contributed by atoms with Crippen molar-refractivity contribution < 1.29 is 19.2 Å². The highest BCUT2D eigenvalue weighted by Gasteiger charge is 2.19. The van der Waals surface area contributed by atoms with Crippen LogP contribution in [0.2, 0.25) is 0 Å². The van der Waals surface area contributed by atoms with Crippen molar-refractivity contribution in [1.82, 2.24) is 5.43 Å². The number of hydrogen-bond acceptors (Lipinski definition) is 6. The van der Waals surface area contributed by atoms with Gasteiger partial charge in [0.2, 0.25) is 11.8 Å². The molecule has 5 N–H and O–H groups in total. The zero-order valence-corrected chi connectivity index (χ0v) is 11.4. The molecule has 0 aliphatic rings. The van der Waals surface area contributed by atoms with Gasteiger partial charge in [0, 0.05) is 18.1 Å². The summed E-state index contributed by atoms with van der Waals surface area (Å²) in [5.74, 6) is 3.83. The van der Waals surface area contributed by atoms with Gasteiger partial charge in [-0.15, -0.1) is 0 Å². The summed E-state index contributed by atoms with van der Waals surface area (Å²) in [5, 5.41) is 11.0. The molecular weight excluding hydrogens is 280 g/mol. The number of nitrogens with one attached hydrogen (secondary N) is 1. The summed E-state index contributed by atoms with van der Waals surface area (Å²) in [7, 11) is 0. The fourth-order valence-corrected chi connectivity index (χ4v) is 1.60. The van der Waals surface area contributed by atoms with E-state index < -0.39 is 16.9 Å². The fraction of sp³-hybridized carbons (Fsp3) is 0.333. The minimum absolute atomic E-state index is 0.00524. The minimum Gasteiger partial charge on any atom is -0.484 e. The number of amides is 2. The lowest BCUT2D eigenvalue weighted by atomic mass is 10.1. The summed E-state index contributed by atoms with van der Waals surface area (Å²) in [4.78, 5) is 32.4. The Hall–Kier alpha value is -2.68. The molecule has 114 valence electrons. The number of nitrogens with two attached hydrogens (primary N) is 2. The number of carbonyl (C=O) groups is 2. The maximum Gasteiger partial charge on any atom is 0.311 e. The summed E-state index contributed by atoms with van der Waals surface area (Å²) >= 11 is 0. The highest BCUT2D eigenvalue weighted by molar-refractivity contribution is 5.93. The Morgan fingerprint density at radius 1 is 1.48 bits per heavy atom. The van der Waals surface area contributed by atoms with Crippen LogP contribution in [-0.2, 0) is 4.79 Å². The van der Waals surface area contributed by atoms with Gasteiger partial charge in [-0.3, -0.25) is 25.1 Å². The topological polar surface area (TPSA) is 151 Å². The second kappa shape index (κ2) is 7.20. The van der Waals surface area contributed by atoms with E-state index in [2.05, 4.69) is 0 Å². The number of nitro groups is 1. The predicted molar refractivity (Wildman–Crippen MR) is 73.3 cm³/mol. The van der Waals surface area contributed by atoms with E-state index in [1.807, 2.05) is 5.43 Å². The Balaban J connectivity index is 2.85. The van der Waals surface area contributed by atoms with Gasteiger partial charge in [0.15, 0.2) is 5.75 Å². The summed E-state index contributed by atoms with van der Waals surface area (Å²) in [5.41, 5.74) is 6.71. The van der Waals surface area contributed by atoms with Crippen LogP contribution in [0.5, 0.6) is 5.75 Å². The van der Waals surface area contributed by atoms with Gasteiger partial charge in [-0.05, 0) is 25.5 Å². The third kappa shape index (κ3) is 4.73. The molecule has 1 rings (SSSR count). The molecule has 2 amide bonds. The van der Waals surface area contributed by atoms with Crippen LogP contribution in [0.25, 0.3) is 0 Å². The number of nitro benzene ring substituents is 1. The van der Waals surface area contributed by atoms with E-state index in [4.69, 9.17) is 16.3 Å². The Morgan fingerprint density at radius 2 is 2.14 bits per heavy atom. The van der Waals surface area contributed by atoms with Crippen molar-refractivity contribution in [3.8, 4) is 5.75 Å². The molecule has 0 heterocycles. The molecule has 0 aliphatic carbocycles. The van der Waals surface area contributed by atoms with Gasteiger partial charge in [-0.25, -0.2) is 5.84 Å². The third-order valence-electron chi connectivity index (χ3n) is 2.71. The van der Waals surface area contributed by atoms with Gasteiger partial charge in [-0.2, -0.15) is 0 Å². The van der Waals surface area contributed by atoms with Crippen molar-refractivity contribution in [2.75, 3.05) is 0 Å². The molecule has 0 saturated heterocycles. The number of hydrogen-bond donors (Lipinski definition) is 3. The molecule has 1 unspecified atom stereocenters. The summed E-state index contributed by atoms with van der Waals surface area (Å²) < 4.78 is 5.42. The lowest BCUT2D eigenvalue weighted by Gasteiger charge is -2.14. The van der Waals surface area contributed by atoms with Crippen molar-refractivity contribution in [2.45, 2.75) is 25.9 Å². The van der Waals surface area contributed by atoms with Gasteiger partial charge >= 0.3 is 5.69 Å². The second-order valence-electron chi connectivity index (χ2n) is 4.34.